The summed E-state index contributed by atoms with van der Waals surface area (Å²) in [6.07, 6.45) is 5.98. The van der Waals surface area contributed by atoms with E-state index >= 15 is 0 Å². The second-order valence-corrected chi connectivity index (χ2v) is 7.63. The van der Waals surface area contributed by atoms with Gasteiger partial charge in [-0.3, -0.25) is 0 Å². The van der Waals surface area contributed by atoms with E-state index in [0.29, 0.717) is 12.0 Å². The summed E-state index contributed by atoms with van der Waals surface area (Å²) >= 11 is 0. The zero-order valence-electron chi connectivity index (χ0n) is 13.1. The van der Waals surface area contributed by atoms with Gasteiger partial charge in [-0.15, -0.1) is 0 Å². The van der Waals surface area contributed by atoms with Crippen LogP contribution in [0.2, 0.25) is 0 Å². The van der Waals surface area contributed by atoms with Gasteiger partial charge in [-0.05, 0) is 49.4 Å². The Morgan fingerprint density at radius 2 is 1.78 bits per heavy atom. The van der Waals surface area contributed by atoms with Crippen LogP contribution >= 0.6 is 0 Å². The second kappa shape index (κ2) is 6.38. The maximum absolute atomic E-state index is 6.20. The molecule has 0 atom stereocenters. The summed E-state index contributed by atoms with van der Waals surface area (Å²) < 4.78 is 6.20. The summed E-state index contributed by atoms with van der Waals surface area (Å²) in [5.74, 6) is 1.67. The molecule has 0 amide bonds. The van der Waals surface area contributed by atoms with E-state index in [1.807, 2.05) is 0 Å². The molecule has 1 aliphatic rings. The first-order valence-electron chi connectivity index (χ1n) is 7.62. The fourth-order valence-corrected chi connectivity index (χ4v) is 2.81. The monoisotopic (exact) mass is 255 g/mol. The first kappa shape index (κ1) is 16.0. The number of rotatable bonds is 5. The van der Waals surface area contributed by atoms with E-state index in [4.69, 9.17) is 10.5 Å². The van der Waals surface area contributed by atoms with E-state index in [0.717, 1.165) is 37.7 Å². The number of hydrogen-bond acceptors (Lipinski definition) is 2. The van der Waals surface area contributed by atoms with Gasteiger partial charge in [-0.1, -0.05) is 34.6 Å². The highest BCUT2D eigenvalue weighted by atomic mass is 16.5. The quantitative estimate of drug-likeness (QED) is 0.806. The van der Waals surface area contributed by atoms with Gasteiger partial charge in [0, 0.05) is 13.2 Å². The largest absolute Gasteiger partial charge is 0.374 e. The Bertz CT molecular complexity index is 234. The van der Waals surface area contributed by atoms with Gasteiger partial charge in [0.15, 0.2) is 0 Å². The molecule has 0 unspecified atom stereocenters. The maximum Gasteiger partial charge on any atom is 0.0804 e. The van der Waals surface area contributed by atoms with Gasteiger partial charge >= 0.3 is 0 Å². The zero-order valence-corrected chi connectivity index (χ0v) is 13.1. The molecule has 0 aromatic heterocycles. The van der Waals surface area contributed by atoms with E-state index in [2.05, 4.69) is 34.6 Å². The molecule has 0 aromatic carbocycles. The molecule has 0 heterocycles. The first-order valence-corrected chi connectivity index (χ1v) is 7.62. The third-order valence-electron chi connectivity index (χ3n) is 4.52. The van der Waals surface area contributed by atoms with Crippen molar-refractivity contribution in [2.45, 2.75) is 72.3 Å². The average molecular weight is 255 g/mol. The van der Waals surface area contributed by atoms with Crippen LogP contribution in [0.15, 0.2) is 0 Å². The van der Waals surface area contributed by atoms with Gasteiger partial charge < -0.3 is 10.5 Å². The van der Waals surface area contributed by atoms with Crippen LogP contribution in [-0.2, 0) is 4.74 Å². The van der Waals surface area contributed by atoms with E-state index in [1.54, 1.807) is 0 Å². The predicted octanol–water partition coefficient (Wildman–Crippen LogP) is 3.98. The predicted molar refractivity (Wildman–Crippen MR) is 78.6 cm³/mol. The minimum absolute atomic E-state index is 0.0172. The molecule has 0 aromatic rings. The van der Waals surface area contributed by atoms with Crippen molar-refractivity contribution in [2.75, 3.05) is 13.2 Å². The van der Waals surface area contributed by atoms with Gasteiger partial charge in [-0.25, -0.2) is 0 Å². The van der Waals surface area contributed by atoms with E-state index < -0.39 is 0 Å². The van der Waals surface area contributed by atoms with Crippen LogP contribution in [0.1, 0.15) is 66.7 Å². The van der Waals surface area contributed by atoms with Crippen molar-refractivity contribution in [2.24, 2.45) is 23.0 Å². The third-order valence-corrected chi connectivity index (χ3v) is 4.52. The normalized spacial score (nSPS) is 29.8. The smallest absolute Gasteiger partial charge is 0.0804 e. The molecule has 0 aliphatic heterocycles. The van der Waals surface area contributed by atoms with Gasteiger partial charge in [-0.2, -0.15) is 0 Å². The lowest BCUT2D eigenvalue weighted by atomic mass is 9.74. The van der Waals surface area contributed by atoms with Crippen LogP contribution < -0.4 is 5.73 Å². The highest BCUT2D eigenvalue weighted by Gasteiger charge is 2.35. The van der Waals surface area contributed by atoms with Crippen molar-refractivity contribution in [3.63, 3.8) is 0 Å². The number of hydrogen-bond donors (Lipinski definition) is 1. The van der Waals surface area contributed by atoms with Crippen molar-refractivity contribution in [1.82, 2.24) is 0 Å². The Labute approximate surface area is 114 Å². The minimum atomic E-state index is -0.0172. The minimum Gasteiger partial charge on any atom is -0.374 e. The van der Waals surface area contributed by atoms with Crippen LogP contribution in [0.25, 0.3) is 0 Å². The van der Waals surface area contributed by atoms with E-state index in [1.165, 1.54) is 12.8 Å². The summed E-state index contributed by atoms with van der Waals surface area (Å²) in [7, 11) is 0. The van der Waals surface area contributed by atoms with Crippen LogP contribution in [0.4, 0.5) is 0 Å². The molecule has 2 heteroatoms. The van der Waals surface area contributed by atoms with Crippen LogP contribution in [0.3, 0.4) is 0 Å². The molecule has 1 saturated carbocycles. The molecule has 0 bridgehead atoms. The van der Waals surface area contributed by atoms with Crippen LogP contribution in [0.5, 0.6) is 0 Å². The molecule has 1 aliphatic carbocycles. The van der Waals surface area contributed by atoms with Gasteiger partial charge in [0.05, 0.1) is 5.60 Å². The standard InChI is InChI=1S/C16H33NO/c1-13(2)14-6-8-16(12-17,9-7-14)18-11-10-15(3,4)5/h13-14H,6-12,17H2,1-5H3. The summed E-state index contributed by atoms with van der Waals surface area (Å²) in [6, 6.07) is 0. The fourth-order valence-electron chi connectivity index (χ4n) is 2.81. The Morgan fingerprint density at radius 1 is 1.22 bits per heavy atom. The molecule has 108 valence electrons. The highest BCUT2D eigenvalue weighted by molar-refractivity contribution is 4.89. The summed E-state index contributed by atoms with van der Waals surface area (Å²) in [5.41, 5.74) is 6.32. The number of nitrogens with two attached hydrogens (primary N) is 1. The van der Waals surface area contributed by atoms with Crippen molar-refractivity contribution < 1.29 is 4.74 Å². The van der Waals surface area contributed by atoms with E-state index in [-0.39, 0.29) is 5.60 Å². The first-order chi connectivity index (χ1) is 8.28. The third kappa shape index (κ3) is 4.89. The van der Waals surface area contributed by atoms with Crippen molar-refractivity contribution in [3.8, 4) is 0 Å². The molecule has 0 spiro atoms. The van der Waals surface area contributed by atoms with Crippen molar-refractivity contribution >= 4 is 0 Å². The Hall–Kier alpha value is -0.0800. The van der Waals surface area contributed by atoms with Gasteiger partial charge in [0.2, 0.25) is 0 Å². The molecular weight excluding hydrogens is 222 g/mol. The highest BCUT2D eigenvalue weighted by Crippen LogP contribution is 2.38. The van der Waals surface area contributed by atoms with E-state index in [9.17, 15) is 0 Å². The lowest BCUT2D eigenvalue weighted by molar-refractivity contribution is -0.0807. The molecular formula is C16H33NO. The molecule has 1 fully saturated rings. The van der Waals surface area contributed by atoms with Gasteiger partial charge in [0.25, 0.3) is 0 Å². The van der Waals surface area contributed by atoms with Gasteiger partial charge in [0.1, 0.15) is 0 Å². The van der Waals surface area contributed by atoms with Crippen molar-refractivity contribution in [3.05, 3.63) is 0 Å². The second-order valence-electron chi connectivity index (χ2n) is 7.63. The molecule has 1 rings (SSSR count). The lowest BCUT2D eigenvalue weighted by Gasteiger charge is -2.41. The van der Waals surface area contributed by atoms with Crippen LogP contribution in [0, 0.1) is 17.3 Å². The van der Waals surface area contributed by atoms with Crippen molar-refractivity contribution in [1.29, 1.82) is 0 Å². The Morgan fingerprint density at radius 3 is 2.17 bits per heavy atom. The fraction of sp³-hybridized carbons (Fsp3) is 1.00. The molecule has 0 radical (unpaired) electrons. The topological polar surface area (TPSA) is 35.2 Å². The number of ether oxygens (including phenoxy) is 1. The zero-order chi connectivity index (χ0) is 13.8. The molecule has 2 N–H and O–H groups in total. The molecule has 2 nitrogen and oxygen atoms in total. The lowest BCUT2D eigenvalue weighted by Crippen LogP contribution is -2.45. The summed E-state index contributed by atoms with van der Waals surface area (Å²) in [6.45, 7) is 13.0. The SMILES string of the molecule is CC(C)C1CCC(CN)(OCCC(C)(C)C)CC1. The molecule has 18 heavy (non-hydrogen) atoms. The molecule has 0 saturated heterocycles. The average Bonchev–Trinajstić information content (AvgIpc) is 2.28. The maximum atomic E-state index is 6.20. The van der Waals surface area contributed by atoms with Crippen LogP contribution in [-0.4, -0.2) is 18.8 Å². The summed E-state index contributed by atoms with van der Waals surface area (Å²) in [4.78, 5) is 0. The summed E-state index contributed by atoms with van der Waals surface area (Å²) in [5, 5.41) is 0. The Kier molecular flexibility index (Phi) is 5.67. The Balaban J connectivity index is 2.41.